The van der Waals surface area contributed by atoms with Crippen LogP contribution >= 0.6 is 0 Å². The fourth-order valence-corrected chi connectivity index (χ4v) is 3.26. The molecule has 0 aromatic rings. The summed E-state index contributed by atoms with van der Waals surface area (Å²) in [5.74, 6) is 3.07. The Morgan fingerprint density at radius 3 is 2.47 bits per heavy atom. The molecule has 3 fully saturated rings. The highest BCUT2D eigenvalue weighted by Gasteiger charge is 2.43. The van der Waals surface area contributed by atoms with E-state index in [1.165, 1.54) is 25.7 Å². The molecule has 0 spiro atoms. The van der Waals surface area contributed by atoms with Gasteiger partial charge in [0.25, 0.3) is 0 Å². The van der Waals surface area contributed by atoms with Crippen LogP contribution < -0.4 is 5.32 Å². The Hall–Kier alpha value is -0.570. The topological polar surface area (TPSA) is 32.3 Å². The molecule has 1 amide bonds. The number of carbonyl (C=O) groups is 1. The SMILES string of the molecule is CCCC1NCN(CC(C2CC2)C2CC2)C1=O. The van der Waals surface area contributed by atoms with Crippen molar-refractivity contribution in [2.45, 2.75) is 51.5 Å². The van der Waals surface area contributed by atoms with Crippen LogP contribution in [0.1, 0.15) is 45.4 Å². The predicted octanol–water partition coefficient (Wildman–Crippen LogP) is 1.98. The minimum atomic E-state index is 0.110. The molecule has 3 rings (SSSR count). The zero-order valence-electron chi connectivity index (χ0n) is 10.8. The molecular weight excluding hydrogens is 212 g/mol. The Kier molecular flexibility index (Phi) is 3.12. The van der Waals surface area contributed by atoms with Crippen LogP contribution in [-0.4, -0.2) is 30.1 Å². The first-order valence-corrected chi connectivity index (χ1v) is 7.31. The van der Waals surface area contributed by atoms with Gasteiger partial charge >= 0.3 is 0 Å². The van der Waals surface area contributed by atoms with E-state index in [0.717, 1.165) is 43.8 Å². The van der Waals surface area contributed by atoms with Crippen molar-refractivity contribution >= 4 is 5.91 Å². The quantitative estimate of drug-likeness (QED) is 0.765. The highest BCUT2D eigenvalue weighted by atomic mass is 16.2. The third kappa shape index (κ3) is 2.49. The molecule has 96 valence electrons. The highest BCUT2D eigenvalue weighted by Crippen LogP contribution is 2.49. The first-order chi connectivity index (χ1) is 8.29. The largest absolute Gasteiger partial charge is 0.328 e. The smallest absolute Gasteiger partial charge is 0.240 e. The summed E-state index contributed by atoms with van der Waals surface area (Å²) in [4.78, 5) is 14.3. The Balaban J connectivity index is 1.55. The lowest BCUT2D eigenvalue weighted by molar-refractivity contribution is -0.129. The summed E-state index contributed by atoms with van der Waals surface area (Å²) in [6.07, 6.45) is 7.73. The minimum absolute atomic E-state index is 0.110. The molecule has 1 atom stereocenters. The minimum Gasteiger partial charge on any atom is -0.328 e. The zero-order chi connectivity index (χ0) is 11.8. The molecule has 0 aromatic heterocycles. The molecule has 2 saturated carbocycles. The van der Waals surface area contributed by atoms with E-state index in [9.17, 15) is 4.79 Å². The molecule has 1 heterocycles. The molecule has 1 N–H and O–H groups in total. The molecule has 3 aliphatic rings. The molecular formula is C14H24N2O. The van der Waals surface area contributed by atoms with E-state index in [-0.39, 0.29) is 6.04 Å². The summed E-state index contributed by atoms with van der Waals surface area (Å²) >= 11 is 0. The molecule has 0 aromatic carbocycles. The first-order valence-electron chi connectivity index (χ1n) is 7.31. The first kappa shape index (κ1) is 11.5. The van der Waals surface area contributed by atoms with Crippen LogP contribution in [-0.2, 0) is 4.79 Å². The van der Waals surface area contributed by atoms with Gasteiger partial charge in [-0.2, -0.15) is 0 Å². The van der Waals surface area contributed by atoms with Gasteiger partial charge in [-0.25, -0.2) is 0 Å². The highest BCUT2D eigenvalue weighted by molar-refractivity contribution is 5.83. The Morgan fingerprint density at radius 2 is 1.94 bits per heavy atom. The zero-order valence-corrected chi connectivity index (χ0v) is 10.8. The van der Waals surface area contributed by atoms with Gasteiger partial charge in [-0.05, 0) is 49.9 Å². The average Bonchev–Trinajstić information content (AvgIpc) is 3.21. The van der Waals surface area contributed by atoms with Gasteiger partial charge in [0.05, 0.1) is 12.7 Å². The van der Waals surface area contributed by atoms with Crippen molar-refractivity contribution in [3.63, 3.8) is 0 Å². The van der Waals surface area contributed by atoms with Gasteiger partial charge < -0.3 is 4.90 Å². The van der Waals surface area contributed by atoms with E-state index in [1.54, 1.807) is 0 Å². The van der Waals surface area contributed by atoms with Gasteiger partial charge in [0.15, 0.2) is 0 Å². The Morgan fingerprint density at radius 1 is 1.29 bits per heavy atom. The monoisotopic (exact) mass is 236 g/mol. The summed E-state index contributed by atoms with van der Waals surface area (Å²) < 4.78 is 0. The van der Waals surface area contributed by atoms with Crippen molar-refractivity contribution in [2.75, 3.05) is 13.2 Å². The number of rotatable bonds is 6. The molecule has 1 unspecified atom stereocenters. The maximum absolute atomic E-state index is 12.2. The number of amides is 1. The van der Waals surface area contributed by atoms with Gasteiger partial charge in [0.2, 0.25) is 5.91 Å². The van der Waals surface area contributed by atoms with Crippen molar-refractivity contribution in [2.24, 2.45) is 17.8 Å². The maximum atomic E-state index is 12.2. The fraction of sp³-hybridized carbons (Fsp3) is 0.929. The van der Waals surface area contributed by atoms with Gasteiger partial charge in [-0.3, -0.25) is 10.1 Å². The summed E-state index contributed by atoms with van der Waals surface area (Å²) in [5.41, 5.74) is 0. The molecule has 2 aliphatic carbocycles. The second-order valence-corrected chi connectivity index (χ2v) is 6.10. The Labute approximate surface area is 104 Å². The van der Waals surface area contributed by atoms with Crippen molar-refractivity contribution in [1.29, 1.82) is 0 Å². The third-order valence-corrected chi connectivity index (χ3v) is 4.60. The summed E-state index contributed by atoms with van der Waals surface area (Å²) in [7, 11) is 0. The number of carbonyl (C=O) groups excluding carboxylic acids is 1. The maximum Gasteiger partial charge on any atom is 0.240 e. The van der Waals surface area contributed by atoms with E-state index in [0.29, 0.717) is 5.91 Å². The van der Waals surface area contributed by atoms with Gasteiger partial charge in [0.1, 0.15) is 0 Å². The lowest BCUT2D eigenvalue weighted by Crippen LogP contribution is -2.35. The molecule has 3 heteroatoms. The predicted molar refractivity (Wildman–Crippen MR) is 67.3 cm³/mol. The number of hydrogen-bond acceptors (Lipinski definition) is 2. The second kappa shape index (κ2) is 4.60. The number of nitrogens with one attached hydrogen (secondary N) is 1. The van der Waals surface area contributed by atoms with Crippen LogP contribution in [0, 0.1) is 17.8 Å². The number of nitrogens with zero attached hydrogens (tertiary/aromatic N) is 1. The van der Waals surface area contributed by atoms with Crippen LogP contribution in [0.4, 0.5) is 0 Å². The third-order valence-electron chi connectivity index (χ3n) is 4.60. The molecule has 17 heavy (non-hydrogen) atoms. The van der Waals surface area contributed by atoms with E-state index < -0.39 is 0 Å². The van der Waals surface area contributed by atoms with Crippen LogP contribution in [0.3, 0.4) is 0 Å². The number of hydrogen-bond donors (Lipinski definition) is 1. The molecule has 0 radical (unpaired) electrons. The summed E-state index contributed by atoms with van der Waals surface area (Å²) in [5, 5.41) is 3.36. The molecule has 3 nitrogen and oxygen atoms in total. The van der Waals surface area contributed by atoms with Crippen molar-refractivity contribution < 1.29 is 4.79 Å². The Bertz CT molecular complexity index is 285. The van der Waals surface area contributed by atoms with Crippen LogP contribution in [0.5, 0.6) is 0 Å². The summed E-state index contributed by atoms with van der Waals surface area (Å²) in [6.45, 7) is 3.97. The normalized spacial score (nSPS) is 29.4. The average molecular weight is 236 g/mol. The lowest BCUT2D eigenvalue weighted by Gasteiger charge is -2.23. The van der Waals surface area contributed by atoms with Crippen molar-refractivity contribution in [3.05, 3.63) is 0 Å². The van der Waals surface area contributed by atoms with E-state index in [1.807, 2.05) is 0 Å². The van der Waals surface area contributed by atoms with E-state index >= 15 is 0 Å². The van der Waals surface area contributed by atoms with E-state index in [2.05, 4.69) is 17.1 Å². The van der Waals surface area contributed by atoms with Gasteiger partial charge in [-0.15, -0.1) is 0 Å². The molecule has 0 bridgehead atoms. The molecule has 1 saturated heterocycles. The fourth-order valence-electron chi connectivity index (χ4n) is 3.26. The second-order valence-electron chi connectivity index (χ2n) is 6.10. The van der Waals surface area contributed by atoms with Crippen LogP contribution in [0.25, 0.3) is 0 Å². The van der Waals surface area contributed by atoms with Crippen LogP contribution in [0.15, 0.2) is 0 Å². The van der Waals surface area contributed by atoms with Gasteiger partial charge in [0, 0.05) is 6.54 Å². The van der Waals surface area contributed by atoms with Crippen molar-refractivity contribution in [3.8, 4) is 0 Å². The van der Waals surface area contributed by atoms with Crippen molar-refractivity contribution in [1.82, 2.24) is 10.2 Å². The van der Waals surface area contributed by atoms with E-state index in [4.69, 9.17) is 0 Å². The standard InChI is InChI=1S/C14H24N2O/c1-2-3-13-14(17)16(9-15-13)8-12(10-4-5-10)11-6-7-11/h10-13,15H,2-9H2,1H3. The van der Waals surface area contributed by atoms with Crippen LogP contribution in [0.2, 0.25) is 0 Å². The lowest BCUT2D eigenvalue weighted by atomic mass is 9.97. The van der Waals surface area contributed by atoms with Gasteiger partial charge in [-0.1, -0.05) is 13.3 Å². The molecule has 1 aliphatic heterocycles. The summed E-state index contributed by atoms with van der Waals surface area (Å²) in [6, 6.07) is 0.110.